The third kappa shape index (κ3) is 2.27. The molecule has 1 N–H and O–H groups in total. The van der Waals surface area contributed by atoms with Gasteiger partial charge >= 0.3 is 0 Å². The lowest BCUT2D eigenvalue weighted by molar-refractivity contribution is 0.412. The van der Waals surface area contributed by atoms with Crippen LogP contribution in [0.2, 0.25) is 0 Å². The molecule has 0 radical (unpaired) electrons. The van der Waals surface area contributed by atoms with E-state index in [-0.39, 0.29) is 0 Å². The van der Waals surface area contributed by atoms with E-state index in [1.54, 1.807) is 13.3 Å². The number of methoxy groups -OCH3 is 1. The lowest BCUT2D eigenvalue weighted by atomic mass is 9.91. The SMILES string of the molecule is COc1cncc(C2=CC3CCNCCC2C3)c1. The Morgan fingerprint density at radius 2 is 2.17 bits per heavy atom. The predicted molar refractivity (Wildman–Crippen MR) is 72.5 cm³/mol. The molecular formula is C15H20N2O. The van der Waals surface area contributed by atoms with Crippen LogP contribution >= 0.6 is 0 Å². The first-order valence-corrected chi connectivity index (χ1v) is 6.78. The van der Waals surface area contributed by atoms with Crippen LogP contribution in [0.5, 0.6) is 5.75 Å². The van der Waals surface area contributed by atoms with E-state index in [4.69, 9.17) is 4.74 Å². The summed E-state index contributed by atoms with van der Waals surface area (Å²) in [6.07, 6.45) is 10.0. The van der Waals surface area contributed by atoms with Crippen LogP contribution in [0.3, 0.4) is 0 Å². The first-order chi connectivity index (χ1) is 8.86. The molecular weight excluding hydrogens is 224 g/mol. The van der Waals surface area contributed by atoms with Crippen molar-refractivity contribution in [1.29, 1.82) is 0 Å². The first kappa shape index (κ1) is 11.7. The number of nitrogens with zero attached hydrogens (tertiary/aromatic N) is 1. The fraction of sp³-hybridized carbons (Fsp3) is 0.533. The molecule has 1 aromatic rings. The molecule has 1 saturated heterocycles. The monoisotopic (exact) mass is 244 g/mol. The van der Waals surface area contributed by atoms with Gasteiger partial charge in [-0.2, -0.15) is 0 Å². The van der Waals surface area contributed by atoms with Crippen LogP contribution in [0, 0.1) is 11.8 Å². The van der Waals surface area contributed by atoms with Crippen molar-refractivity contribution < 1.29 is 4.74 Å². The maximum atomic E-state index is 5.27. The van der Waals surface area contributed by atoms with Crippen molar-refractivity contribution in [2.24, 2.45) is 11.8 Å². The van der Waals surface area contributed by atoms with Crippen molar-refractivity contribution in [3.63, 3.8) is 0 Å². The molecule has 3 heteroatoms. The van der Waals surface area contributed by atoms with Crippen LogP contribution < -0.4 is 10.1 Å². The first-order valence-electron chi connectivity index (χ1n) is 6.78. The minimum absolute atomic E-state index is 0.691. The molecule has 3 rings (SSSR count). The quantitative estimate of drug-likeness (QED) is 0.868. The fourth-order valence-corrected chi connectivity index (χ4v) is 3.13. The molecule has 0 spiro atoms. The molecule has 0 amide bonds. The van der Waals surface area contributed by atoms with E-state index in [2.05, 4.69) is 22.4 Å². The molecule has 2 bridgehead atoms. The van der Waals surface area contributed by atoms with Gasteiger partial charge in [-0.25, -0.2) is 0 Å². The molecule has 1 aromatic heterocycles. The van der Waals surface area contributed by atoms with Gasteiger partial charge in [0.15, 0.2) is 0 Å². The van der Waals surface area contributed by atoms with Crippen molar-refractivity contribution in [1.82, 2.24) is 10.3 Å². The van der Waals surface area contributed by atoms with E-state index in [0.717, 1.165) is 24.8 Å². The fourth-order valence-electron chi connectivity index (χ4n) is 3.13. The second kappa shape index (κ2) is 5.11. The number of rotatable bonds is 2. The summed E-state index contributed by atoms with van der Waals surface area (Å²) in [5, 5.41) is 3.51. The molecule has 2 unspecified atom stereocenters. The minimum atomic E-state index is 0.691. The molecule has 0 aromatic carbocycles. The highest BCUT2D eigenvalue weighted by Crippen LogP contribution is 2.41. The van der Waals surface area contributed by atoms with Crippen LogP contribution in [0.25, 0.3) is 5.57 Å². The van der Waals surface area contributed by atoms with E-state index >= 15 is 0 Å². The van der Waals surface area contributed by atoms with Gasteiger partial charge in [-0.05, 0) is 61.4 Å². The highest BCUT2D eigenvalue weighted by molar-refractivity contribution is 5.70. The standard InChI is InChI=1S/C15H20N2O/c1-18-14-8-13(9-17-10-14)15-7-11-2-4-16-5-3-12(15)6-11/h7-12,16H,2-6H2,1H3. The number of fused-ring (bicyclic) bond motifs is 2. The Labute approximate surface area is 108 Å². The predicted octanol–water partition coefficient (Wildman–Crippen LogP) is 2.49. The van der Waals surface area contributed by atoms with Gasteiger partial charge in [-0.15, -0.1) is 0 Å². The molecule has 2 heterocycles. The number of ether oxygens (including phenoxy) is 1. The van der Waals surface area contributed by atoms with Gasteiger partial charge in [0.25, 0.3) is 0 Å². The summed E-state index contributed by atoms with van der Waals surface area (Å²) in [4.78, 5) is 4.28. The molecule has 96 valence electrons. The van der Waals surface area contributed by atoms with Gasteiger partial charge in [-0.1, -0.05) is 6.08 Å². The van der Waals surface area contributed by atoms with Crippen molar-refractivity contribution in [3.8, 4) is 5.75 Å². The van der Waals surface area contributed by atoms with Gasteiger partial charge in [0.1, 0.15) is 5.75 Å². The summed E-state index contributed by atoms with van der Waals surface area (Å²) in [6, 6.07) is 2.11. The van der Waals surface area contributed by atoms with Crippen molar-refractivity contribution >= 4 is 5.57 Å². The summed E-state index contributed by atoms with van der Waals surface area (Å²) in [5.41, 5.74) is 2.72. The van der Waals surface area contributed by atoms with Gasteiger partial charge in [-0.3, -0.25) is 4.98 Å². The third-order valence-corrected chi connectivity index (χ3v) is 4.09. The zero-order valence-corrected chi connectivity index (χ0v) is 10.9. The van der Waals surface area contributed by atoms with Gasteiger partial charge in [0.2, 0.25) is 0 Å². The van der Waals surface area contributed by atoms with Crippen LogP contribution in [-0.4, -0.2) is 25.2 Å². The largest absolute Gasteiger partial charge is 0.495 e. The maximum Gasteiger partial charge on any atom is 0.137 e. The number of pyridine rings is 1. The summed E-state index contributed by atoms with van der Waals surface area (Å²) in [5.74, 6) is 2.28. The van der Waals surface area contributed by atoms with Crippen LogP contribution in [0.4, 0.5) is 0 Å². The van der Waals surface area contributed by atoms with Crippen LogP contribution in [0.1, 0.15) is 24.8 Å². The number of hydrogen-bond donors (Lipinski definition) is 1. The van der Waals surface area contributed by atoms with E-state index in [1.165, 1.54) is 30.4 Å². The average molecular weight is 244 g/mol. The van der Waals surface area contributed by atoms with E-state index in [9.17, 15) is 0 Å². The van der Waals surface area contributed by atoms with E-state index < -0.39 is 0 Å². The number of nitrogens with one attached hydrogen (secondary N) is 1. The Morgan fingerprint density at radius 3 is 3.06 bits per heavy atom. The zero-order valence-electron chi connectivity index (χ0n) is 10.9. The minimum Gasteiger partial charge on any atom is -0.495 e. The zero-order chi connectivity index (χ0) is 12.4. The lowest BCUT2D eigenvalue weighted by Gasteiger charge is -2.19. The Balaban J connectivity index is 1.90. The maximum absolute atomic E-state index is 5.27. The normalized spacial score (nSPS) is 27.3. The highest BCUT2D eigenvalue weighted by Gasteiger charge is 2.28. The molecule has 3 nitrogen and oxygen atoms in total. The van der Waals surface area contributed by atoms with Crippen LogP contribution in [-0.2, 0) is 0 Å². The Kier molecular flexibility index (Phi) is 3.33. The number of allylic oxidation sites excluding steroid dienone is 2. The number of hydrogen-bond acceptors (Lipinski definition) is 3. The Hall–Kier alpha value is -1.35. The molecule has 1 aliphatic carbocycles. The molecule has 2 atom stereocenters. The average Bonchev–Trinajstić information content (AvgIpc) is 2.82. The highest BCUT2D eigenvalue weighted by atomic mass is 16.5. The second-order valence-electron chi connectivity index (χ2n) is 5.26. The van der Waals surface area contributed by atoms with Crippen molar-refractivity contribution in [3.05, 3.63) is 30.1 Å². The molecule has 1 fully saturated rings. The van der Waals surface area contributed by atoms with Crippen LogP contribution in [0.15, 0.2) is 24.5 Å². The molecule has 2 aliphatic rings. The van der Waals surface area contributed by atoms with E-state index in [1.807, 2.05) is 6.20 Å². The number of aromatic nitrogens is 1. The second-order valence-corrected chi connectivity index (χ2v) is 5.26. The topological polar surface area (TPSA) is 34.1 Å². The van der Waals surface area contributed by atoms with Gasteiger partial charge < -0.3 is 10.1 Å². The smallest absolute Gasteiger partial charge is 0.137 e. The molecule has 18 heavy (non-hydrogen) atoms. The summed E-state index contributed by atoms with van der Waals surface area (Å²) in [7, 11) is 1.70. The molecule has 1 aliphatic heterocycles. The Bertz CT molecular complexity index is 456. The van der Waals surface area contributed by atoms with Crippen molar-refractivity contribution in [2.75, 3.05) is 20.2 Å². The third-order valence-electron chi connectivity index (χ3n) is 4.09. The summed E-state index contributed by atoms with van der Waals surface area (Å²) >= 11 is 0. The lowest BCUT2D eigenvalue weighted by Crippen LogP contribution is -2.23. The Morgan fingerprint density at radius 1 is 1.28 bits per heavy atom. The van der Waals surface area contributed by atoms with E-state index in [0.29, 0.717) is 5.92 Å². The van der Waals surface area contributed by atoms with Gasteiger partial charge in [0, 0.05) is 6.20 Å². The summed E-state index contributed by atoms with van der Waals surface area (Å²) < 4.78 is 5.27. The summed E-state index contributed by atoms with van der Waals surface area (Å²) in [6.45, 7) is 2.28. The van der Waals surface area contributed by atoms with Gasteiger partial charge in [0.05, 0.1) is 13.3 Å². The molecule has 0 saturated carbocycles. The van der Waals surface area contributed by atoms with Crippen molar-refractivity contribution in [2.45, 2.75) is 19.3 Å².